The van der Waals surface area contributed by atoms with E-state index in [9.17, 15) is 10.1 Å². The number of nitro benzene ring substituents is 1. The lowest BCUT2D eigenvalue weighted by Gasteiger charge is -2.36. The van der Waals surface area contributed by atoms with Gasteiger partial charge in [0.15, 0.2) is 14.6 Å². The number of hydrogen-bond acceptors (Lipinski definition) is 5. The summed E-state index contributed by atoms with van der Waals surface area (Å²) in [4.78, 5) is 10.6. The fourth-order valence-electron chi connectivity index (χ4n) is 2.18. The molecule has 0 fully saturated rings. The molecule has 0 aliphatic rings. The molecule has 7 heteroatoms. The molecule has 6 nitrogen and oxygen atoms in total. The number of nitrogens with zero attached hydrogens (tertiary/aromatic N) is 1. The predicted octanol–water partition coefficient (Wildman–Crippen LogP) is 5.04. The molecular formula is C20H31NO5Si. The van der Waals surface area contributed by atoms with E-state index in [0.717, 1.165) is 6.42 Å². The first kappa shape index (κ1) is 23.3. The molecule has 150 valence electrons. The lowest BCUT2D eigenvalue weighted by atomic mass is 10.1. The second-order valence-electron chi connectivity index (χ2n) is 7.85. The highest BCUT2D eigenvalue weighted by Crippen LogP contribution is 2.36. The van der Waals surface area contributed by atoms with E-state index in [1.165, 1.54) is 26.4 Å². The van der Waals surface area contributed by atoms with Crippen molar-refractivity contribution in [1.29, 1.82) is 0 Å². The van der Waals surface area contributed by atoms with Gasteiger partial charge in [-0.3, -0.25) is 10.1 Å². The van der Waals surface area contributed by atoms with Gasteiger partial charge in [0.05, 0.1) is 4.92 Å². The monoisotopic (exact) mass is 393 g/mol. The highest BCUT2D eigenvalue weighted by atomic mass is 28.4. The zero-order chi connectivity index (χ0) is 20.7. The number of nitro groups is 1. The van der Waals surface area contributed by atoms with Crippen LogP contribution in [0.3, 0.4) is 0 Å². The molecule has 0 saturated heterocycles. The quantitative estimate of drug-likeness (QED) is 0.154. The van der Waals surface area contributed by atoms with Crippen molar-refractivity contribution in [3.8, 4) is 11.8 Å². The Morgan fingerprint density at radius 1 is 1.22 bits per heavy atom. The van der Waals surface area contributed by atoms with E-state index in [0.29, 0.717) is 24.2 Å². The van der Waals surface area contributed by atoms with Crippen molar-refractivity contribution in [2.75, 3.05) is 20.8 Å². The molecular weight excluding hydrogens is 362 g/mol. The average molecular weight is 394 g/mol. The van der Waals surface area contributed by atoms with Crippen LogP contribution in [0.2, 0.25) is 18.1 Å². The maximum atomic E-state index is 11.0. The van der Waals surface area contributed by atoms with Crippen molar-refractivity contribution in [2.45, 2.75) is 58.0 Å². The first-order valence-corrected chi connectivity index (χ1v) is 11.9. The molecule has 0 aliphatic carbocycles. The third-order valence-corrected chi connectivity index (χ3v) is 9.40. The zero-order valence-corrected chi connectivity index (χ0v) is 18.4. The van der Waals surface area contributed by atoms with Crippen LogP contribution in [0.1, 0.15) is 51.0 Å². The third-order valence-electron chi connectivity index (χ3n) is 4.87. The van der Waals surface area contributed by atoms with Gasteiger partial charge in [0.1, 0.15) is 0 Å². The van der Waals surface area contributed by atoms with E-state index >= 15 is 0 Å². The minimum atomic E-state index is -1.72. The molecule has 0 atom stereocenters. The Morgan fingerprint density at radius 2 is 1.85 bits per heavy atom. The minimum Gasteiger partial charge on any atom is -0.417 e. The first-order chi connectivity index (χ1) is 12.5. The molecule has 1 aromatic carbocycles. The van der Waals surface area contributed by atoms with Crippen LogP contribution in [-0.4, -0.2) is 34.1 Å². The van der Waals surface area contributed by atoms with Crippen molar-refractivity contribution in [2.24, 2.45) is 0 Å². The number of unbranched alkanes of at least 4 members (excludes halogenated alkanes) is 1. The molecule has 0 saturated carbocycles. The third kappa shape index (κ3) is 6.74. The lowest BCUT2D eigenvalue weighted by molar-refractivity contribution is -0.385. The second-order valence-corrected chi connectivity index (χ2v) is 12.7. The fourth-order valence-corrected chi connectivity index (χ4v) is 3.27. The summed E-state index contributed by atoms with van der Waals surface area (Å²) in [5.74, 6) is 6.20. The maximum absolute atomic E-state index is 11.0. The Balaban J connectivity index is 2.78. The molecule has 0 bridgehead atoms. The van der Waals surface area contributed by atoms with Gasteiger partial charge in [-0.2, -0.15) is 0 Å². The number of ether oxygens (including phenoxy) is 2. The van der Waals surface area contributed by atoms with E-state index in [4.69, 9.17) is 13.9 Å². The largest absolute Gasteiger partial charge is 0.417 e. The molecule has 27 heavy (non-hydrogen) atoms. The van der Waals surface area contributed by atoms with Crippen molar-refractivity contribution >= 4 is 14.0 Å². The van der Waals surface area contributed by atoms with Gasteiger partial charge in [-0.25, -0.2) is 0 Å². The molecule has 0 N–H and O–H groups in total. The van der Waals surface area contributed by atoms with Crippen LogP contribution in [0.4, 0.5) is 5.69 Å². The van der Waals surface area contributed by atoms with E-state index in [1.54, 1.807) is 6.07 Å². The van der Waals surface area contributed by atoms with E-state index in [-0.39, 0.29) is 10.7 Å². The standard InChI is InChI=1S/C20H31NO5Si/c1-20(2,3)27(6,7)26-14-10-8-9-11-16-12-13-17(21(22)23)15-18(16)19(24-4)25-5/h12-13,15,19H,8,10,14H2,1-7H3. The van der Waals surface area contributed by atoms with E-state index in [2.05, 4.69) is 45.7 Å². The van der Waals surface area contributed by atoms with Gasteiger partial charge in [0.25, 0.3) is 5.69 Å². The molecule has 0 aromatic heterocycles. The fraction of sp³-hybridized carbons (Fsp3) is 0.600. The zero-order valence-electron chi connectivity index (χ0n) is 17.4. The summed E-state index contributed by atoms with van der Waals surface area (Å²) in [6.07, 6.45) is 0.839. The summed E-state index contributed by atoms with van der Waals surface area (Å²) in [6, 6.07) is 4.52. The van der Waals surface area contributed by atoms with E-state index in [1.807, 2.05) is 0 Å². The van der Waals surface area contributed by atoms with Crippen LogP contribution < -0.4 is 0 Å². The Bertz CT molecular complexity index is 697. The second kappa shape index (κ2) is 9.99. The van der Waals surface area contributed by atoms with Crippen molar-refractivity contribution in [3.63, 3.8) is 0 Å². The Hall–Kier alpha value is -1.72. The highest BCUT2D eigenvalue weighted by molar-refractivity contribution is 6.74. The van der Waals surface area contributed by atoms with Gasteiger partial charge in [0, 0.05) is 50.5 Å². The predicted molar refractivity (Wildman–Crippen MR) is 109 cm³/mol. The van der Waals surface area contributed by atoms with Crippen LogP contribution in [0, 0.1) is 22.0 Å². The lowest BCUT2D eigenvalue weighted by Crippen LogP contribution is -2.40. The van der Waals surface area contributed by atoms with Crippen LogP contribution in [0.15, 0.2) is 18.2 Å². The van der Waals surface area contributed by atoms with Crippen LogP contribution in [-0.2, 0) is 13.9 Å². The average Bonchev–Trinajstić information content (AvgIpc) is 2.58. The van der Waals surface area contributed by atoms with Gasteiger partial charge >= 0.3 is 0 Å². The van der Waals surface area contributed by atoms with Crippen molar-refractivity contribution < 1.29 is 18.8 Å². The van der Waals surface area contributed by atoms with Crippen LogP contribution in [0.5, 0.6) is 0 Å². The summed E-state index contributed by atoms with van der Waals surface area (Å²) in [7, 11) is 1.25. The minimum absolute atomic E-state index is 0.0163. The van der Waals surface area contributed by atoms with Crippen LogP contribution in [0.25, 0.3) is 0 Å². The SMILES string of the molecule is COC(OC)c1cc([N+](=O)[O-])ccc1C#CCCCO[Si](C)(C)C(C)(C)C. The number of non-ortho nitro benzene ring substituents is 1. The summed E-state index contributed by atoms with van der Waals surface area (Å²) in [5, 5.41) is 11.2. The van der Waals surface area contributed by atoms with Gasteiger partial charge in [-0.1, -0.05) is 32.6 Å². The van der Waals surface area contributed by atoms with Gasteiger partial charge in [-0.15, -0.1) is 0 Å². The number of rotatable bonds is 8. The number of methoxy groups -OCH3 is 2. The Labute approximate surface area is 163 Å². The Kier molecular flexibility index (Phi) is 8.63. The molecule has 0 heterocycles. The summed E-state index contributed by atoms with van der Waals surface area (Å²) in [6.45, 7) is 11.8. The van der Waals surface area contributed by atoms with E-state index < -0.39 is 19.5 Å². The van der Waals surface area contributed by atoms with Crippen LogP contribution >= 0.6 is 0 Å². The molecule has 0 radical (unpaired) electrons. The van der Waals surface area contributed by atoms with Crippen molar-refractivity contribution in [3.05, 3.63) is 39.4 Å². The number of benzene rings is 1. The normalized spacial score (nSPS) is 12.0. The molecule has 0 aliphatic heterocycles. The molecule has 0 amide bonds. The molecule has 0 unspecified atom stereocenters. The maximum Gasteiger partial charge on any atom is 0.269 e. The number of hydrogen-bond donors (Lipinski definition) is 0. The van der Waals surface area contributed by atoms with Gasteiger partial charge in [-0.05, 0) is 30.6 Å². The summed E-state index contributed by atoms with van der Waals surface area (Å²) in [5.41, 5.74) is 1.20. The summed E-state index contributed by atoms with van der Waals surface area (Å²) >= 11 is 0. The van der Waals surface area contributed by atoms with Gasteiger partial charge < -0.3 is 13.9 Å². The highest BCUT2D eigenvalue weighted by Gasteiger charge is 2.36. The first-order valence-electron chi connectivity index (χ1n) is 9.00. The van der Waals surface area contributed by atoms with Crippen molar-refractivity contribution in [1.82, 2.24) is 0 Å². The Morgan fingerprint density at radius 3 is 2.37 bits per heavy atom. The molecule has 1 aromatic rings. The topological polar surface area (TPSA) is 70.8 Å². The van der Waals surface area contributed by atoms with Gasteiger partial charge in [0.2, 0.25) is 0 Å². The molecule has 1 rings (SSSR count). The smallest absolute Gasteiger partial charge is 0.269 e. The molecule has 0 spiro atoms. The summed E-state index contributed by atoms with van der Waals surface area (Å²) < 4.78 is 16.6.